The van der Waals surface area contributed by atoms with Gasteiger partial charge in [-0.2, -0.15) is 0 Å². The van der Waals surface area contributed by atoms with E-state index in [1.165, 1.54) is 5.56 Å². The SMILES string of the molecule is Cc1cc(CN=C(NCc2ccco2)NC(C)c2ccccc2)no1. The van der Waals surface area contributed by atoms with E-state index in [0.29, 0.717) is 19.0 Å². The quantitative estimate of drug-likeness (QED) is 0.531. The van der Waals surface area contributed by atoms with Gasteiger partial charge in [-0.25, -0.2) is 4.99 Å². The highest BCUT2D eigenvalue weighted by atomic mass is 16.5. The second kappa shape index (κ2) is 8.19. The normalized spacial score (nSPS) is 12.8. The molecule has 1 aromatic carbocycles. The maximum Gasteiger partial charge on any atom is 0.192 e. The molecule has 6 heteroatoms. The second-order valence-electron chi connectivity index (χ2n) is 5.80. The fourth-order valence-electron chi connectivity index (χ4n) is 2.42. The van der Waals surface area contributed by atoms with Crippen LogP contribution in [-0.2, 0) is 13.1 Å². The summed E-state index contributed by atoms with van der Waals surface area (Å²) in [6, 6.07) is 16.0. The molecule has 0 fully saturated rings. The molecular formula is C19H22N4O2. The third-order valence-electron chi connectivity index (χ3n) is 3.74. The molecule has 0 aliphatic carbocycles. The number of hydrogen-bond donors (Lipinski definition) is 2. The van der Waals surface area contributed by atoms with Gasteiger partial charge in [0.1, 0.15) is 17.2 Å². The molecule has 2 heterocycles. The largest absolute Gasteiger partial charge is 0.467 e. The predicted octanol–water partition coefficient (Wildman–Crippen LogP) is 3.57. The van der Waals surface area contributed by atoms with Crippen molar-refractivity contribution in [2.45, 2.75) is 33.0 Å². The summed E-state index contributed by atoms with van der Waals surface area (Å²) in [7, 11) is 0. The predicted molar refractivity (Wildman–Crippen MR) is 95.9 cm³/mol. The van der Waals surface area contributed by atoms with Crippen LogP contribution in [0.1, 0.15) is 35.7 Å². The summed E-state index contributed by atoms with van der Waals surface area (Å²) in [4.78, 5) is 4.60. The summed E-state index contributed by atoms with van der Waals surface area (Å²) in [5, 5.41) is 10.7. The van der Waals surface area contributed by atoms with Gasteiger partial charge in [0, 0.05) is 6.07 Å². The summed E-state index contributed by atoms with van der Waals surface area (Å²) in [5.41, 5.74) is 1.98. The van der Waals surface area contributed by atoms with Crippen LogP contribution in [0.15, 0.2) is 68.7 Å². The van der Waals surface area contributed by atoms with E-state index in [0.717, 1.165) is 17.2 Å². The zero-order chi connectivity index (χ0) is 17.5. The lowest BCUT2D eigenvalue weighted by atomic mass is 10.1. The van der Waals surface area contributed by atoms with Gasteiger partial charge in [-0.3, -0.25) is 0 Å². The summed E-state index contributed by atoms with van der Waals surface area (Å²) in [6.07, 6.45) is 1.66. The lowest BCUT2D eigenvalue weighted by molar-refractivity contribution is 0.391. The van der Waals surface area contributed by atoms with E-state index in [1.807, 2.05) is 43.3 Å². The van der Waals surface area contributed by atoms with Gasteiger partial charge in [-0.1, -0.05) is 35.5 Å². The van der Waals surface area contributed by atoms with Gasteiger partial charge in [-0.15, -0.1) is 0 Å². The van der Waals surface area contributed by atoms with Gasteiger partial charge in [0.25, 0.3) is 0 Å². The highest BCUT2D eigenvalue weighted by molar-refractivity contribution is 5.80. The first-order chi connectivity index (χ1) is 12.2. The van der Waals surface area contributed by atoms with Gasteiger partial charge in [0.05, 0.1) is 25.4 Å². The van der Waals surface area contributed by atoms with Crippen molar-refractivity contribution >= 4 is 5.96 Å². The Bertz CT molecular complexity index is 794. The number of hydrogen-bond acceptors (Lipinski definition) is 4. The Hall–Kier alpha value is -3.02. The number of nitrogens with zero attached hydrogens (tertiary/aromatic N) is 2. The Morgan fingerprint density at radius 2 is 2.04 bits per heavy atom. The monoisotopic (exact) mass is 338 g/mol. The Kier molecular flexibility index (Phi) is 5.51. The molecule has 0 aliphatic rings. The van der Waals surface area contributed by atoms with Crippen LogP contribution in [0.2, 0.25) is 0 Å². The van der Waals surface area contributed by atoms with E-state index in [4.69, 9.17) is 8.94 Å². The highest BCUT2D eigenvalue weighted by Crippen LogP contribution is 2.11. The van der Waals surface area contributed by atoms with Gasteiger partial charge in [-0.05, 0) is 31.5 Å². The maximum atomic E-state index is 5.37. The van der Waals surface area contributed by atoms with Crippen LogP contribution in [0.4, 0.5) is 0 Å². The number of nitrogens with one attached hydrogen (secondary N) is 2. The number of furan rings is 1. The molecule has 1 unspecified atom stereocenters. The van der Waals surface area contributed by atoms with Crippen molar-refractivity contribution < 1.29 is 8.94 Å². The molecule has 0 amide bonds. The topological polar surface area (TPSA) is 75.6 Å². The number of benzene rings is 1. The van der Waals surface area contributed by atoms with Gasteiger partial charge >= 0.3 is 0 Å². The summed E-state index contributed by atoms with van der Waals surface area (Å²) >= 11 is 0. The van der Waals surface area contributed by atoms with Gasteiger partial charge < -0.3 is 19.6 Å². The average molecular weight is 338 g/mol. The first kappa shape index (κ1) is 16.8. The molecule has 0 bridgehead atoms. The molecule has 6 nitrogen and oxygen atoms in total. The lowest BCUT2D eigenvalue weighted by Crippen LogP contribution is -2.38. The number of rotatable bonds is 6. The molecule has 0 saturated carbocycles. The average Bonchev–Trinajstić information content (AvgIpc) is 3.29. The van der Waals surface area contributed by atoms with E-state index in [1.54, 1.807) is 6.26 Å². The number of aliphatic imine (C=N–C) groups is 1. The summed E-state index contributed by atoms with van der Waals surface area (Å²) in [5.74, 6) is 2.31. The van der Waals surface area contributed by atoms with Crippen molar-refractivity contribution in [3.8, 4) is 0 Å². The molecule has 25 heavy (non-hydrogen) atoms. The number of aromatic nitrogens is 1. The van der Waals surface area contributed by atoms with Gasteiger partial charge in [0.15, 0.2) is 5.96 Å². The first-order valence-electron chi connectivity index (χ1n) is 8.25. The van der Waals surface area contributed by atoms with Crippen molar-refractivity contribution in [1.82, 2.24) is 15.8 Å². The Balaban J connectivity index is 1.68. The third-order valence-corrected chi connectivity index (χ3v) is 3.74. The molecule has 0 spiro atoms. The van der Waals surface area contributed by atoms with Crippen LogP contribution in [0.5, 0.6) is 0 Å². The van der Waals surface area contributed by atoms with E-state index >= 15 is 0 Å². The maximum absolute atomic E-state index is 5.37. The fraction of sp³-hybridized carbons (Fsp3) is 0.263. The Labute approximate surface area is 146 Å². The molecule has 3 rings (SSSR count). The van der Waals surface area contributed by atoms with Crippen LogP contribution in [0, 0.1) is 6.92 Å². The van der Waals surface area contributed by atoms with Crippen molar-refractivity contribution in [1.29, 1.82) is 0 Å². The van der Waals surface area contributed by atoms with E-state index in [9.17, 15) is 0 Å². The van der Waals surface area contributed by atoms with Crippen LogP contribution in [-0.4, -0.2) is 11.1 Å². The third kappa shape index (κ3) is 4.97. The molecule has 2 N–H and O–H groups in total. The minimum Gasteiger partial charge on any atom is -0.467 e. The minimum atomic E-state index is 0.114. The van der Waals surface area contributed by atoms with Crippen LogP contribution >= 0.6 is 0 Å². The van der Waals surface area contributed by atoms with Crippen LogP contribution in [0.25, 0.3) is 0 Å². The van der Waals surface area contributed by atoms with Crippen molar-refractivity contribution in [3.05, 3.63) is 77.6 Å². The molecule has 3 aromatic rings. The minimum absolute atomic E-state index is 0.114. The van der Waals surface area contributed by atoms with Crippen molar-refractivity contribution in [2.75, 3.05) is 0 Å². The van der Waals surface area contributed by atoms with Gasteiger partial charge in [0.2, 0.25) is 0 Å². The van der Waals surface area contributed by atoms with Crippen molar-refractivity contribution in [2.24, 2.45) is 4.99 Å². The highest BCUT2D eigenvalue weighted by Gasteiger charge is 2.09. The first-order valence-corrected chi connectivity index (χ1v) is 8.25. The molecule has 1 atom stereocenters. The van der Waals surface area contributed by atoms with E-state index < -0.39 is 0 Å². The second-order valence-corrected chi connectivity index (χ2v) is 5.80. The molecule has 0 radical (unpaired) electrons. The molecule has 2 aromatic heterocycles. The van der Waals surface area contributed by atoms with E-state index in [2.05, 4.69) is 39.8 Å². The zero-order valence-electron chi connectivity index (χ0n) is 14.4. The number of guanidine groups is 1. The van der Waals surface area contributed by atoms with Crippen LogP contribution in [0.3, 0.4) is 0 Å². The fourth-order valence-corrected chi connectivity index (χ4v) is 2.42. The van der Waals surface area contributed by atoms with Crippen LogP contribution < -0.4 is 10.6 Å². The summed E-state index contributed by atoms with van der Waals surface area (Å²) < 4.78 is 10.5. The molecule has 130 valence electrons. The zero-order valence-corrected chi connectivity index (χ0v) is 14.4. The van der Waals surface area contributed by atoms with E-state index in [-0.39, 0.29) is 6.04 Å². The molecule has 0 saturated heterocycles. The number of aryl methyl sites for hydroxylation is 1. The Morgan fingerprint density at radius 1 is 1.20 bits per heavy atom. The van der Waals surface area contributed by atoms with Crippen molar-refractivity contribution in [3.63, 3.8) is 0 Å². The summed E-state index contributed by atoms with van der Waals surface area (Å²) in [6.45, 7) is 4.95. The Morgan fingerprint density at radius 3 is 2.72 bits per heavy atom. The molecule has 0 aliphatic heterocycles. The smallest absolute Gasteiger partial charge is 0.192 e. The lowest BCUT2D eigenvalue weighted by Gasteiger charge is -2.18. The standard InChI is InChI=1S/C19H22N4O2/c1-14-11-17(23-25-14)12-20-19(21-13-18-9-6-10-24-18)22-15(2)16-7-4-3-5-8-16/h3-11,15H,12-13H2,1-2H3,(H2,20,21,22). The molecular weight excluding hydrogens is 316 g/mol.